The standard InChI is InChI=1S/C19H20BrNO/c1-12(21(2)3)19(22)14-9-8-13-11-18(20)16-7-5-4-6-15(16)17(13)10-14/h4-12,19,22H,1-3H3/t12-,19-/m1/s1. The SMILES string of the molecule is C[C@H]([C@@H](O)c1ccc2cc(Br)c3ccccc3c2c1)N(C)C. The molecule has 0 unspecified atom stereocenters. The molecule has 0 aromatic heterocycles. The molecule has 2 nitrogen and oxygen atoms in total. The average Bonchev–Trinajstić information content (AvgIpc) is 2.53. The summed E-state index contributed by atoms with van der Waals surface area (Å²) in [5, 5.41) is 15.4. The van der Waals surface area contributed by atoms with Gasteiger partial charge in [-0.2, -0.15) is 0 Å². The number of aliphatic hydroxyl groups is 1. The molecule has 0 amide bonds. The van der Waals surface area contributed by atoms with E-state index in [1.807, 2.05) is 38.1 Å². The van der Waals surface area contributed by atoms with Gasteiger partial charge in [0.15, 0.2) is 0 Å². The zero-order chi connectivity index (χ0) is 15.9. The highest BCUT2D eigenvalue weighted by molar-refractivity contribution is 9.10. The number of fused-ring (bicyclic) bond motifs is 3. The average molecular weight is 358 g/mol. The second-order valence-corrected chi connectivity index (χ2v) is 6.89. The minimum atomic E-state index is -0.498. The van der Waals surface area contributed by atoms with Crippen LogP contribution < -0.4 is 0 Å². The summed E-state index contributed by atoms with van der Waals surface area (Å²) in [6, 6.07) is 16.8. The Balaban J connectivity index is 2.21. The van der Waals surface area contributed by atoms with Crippen molar-refractivity contribution in [1.29, 1.82) is 0 Å². The van der Waals surface area contributed by atoms with E-state index in [1.54, 1.807) is 0 Å². The van der Waals surface area contributed by atoms with Gasteiger partial charge in [-0.25, -0.2) is 0 Å². The number of hydrogen-bond donors (Lipinski definition) is 1. The first-order valence-electron chi connectivity index (χ1n) is 7.44. The number of hydrogen-bond acceptors (Lipinski definition) is 2. The van der Waals surface area contributed by atoms with E-state index in [2.05, 4.69) is 52.3 Å². The molecule has 0 bridgehead atoms. The van der Waals surface area contributed by atoms with Crippen LogP contribution in [0.15, 0.2) is 53.0 Å². The molecule has 3 aromatic carbocycles. The summed E-state index contributed by atoms with van der Waals surface area (Å²) >= 11 is 3.65. The minimum absolute atomic E-state index is 0.0687. The highest BCUT2D eigenvalue weighted by Gasteiger charge is 2.18. The Morgan fingerprint density at radius 2 is 1.64 bits per heavy atom. The van der Waals surface area contributed by atoms with Crippen molar-refractivity contribution in [2.24, 2.45) is 0 Å². The molecule has 0 saturated heterocycles. The van der Waals surface area contributed by atoms with Crippen LogP contribution in [0.5, 0.6) is 0 Å². The van der Waals surface area contributed by atoms with E-state index in [1.165, 1.54) is 21.5 Å². The lowest BCUT2D eigenvalue weighted by molar-refractivity contribution is 0.0860. The van der Waals surface area contributed by atoms with Gasteiger partial charge in [-0.1, -0.05) is 52.3 Å². The van der Waals surface area contributed by atoms with Crippen molar-refractivity contribution >= 4 is 37.5 Å². The Morgan fingerprint density at radius 1 is 0.955 bits per heavy atom. The maximum absolute atomic E-state index is 10.6. The molecule has 3 aromatic rings. The lowest BCUT2D eigenvalue weighted by atomic mass is 9.96. The van der Waals surface area contributed by atoms with Crippen LogP contribution in [-0.2, 0) is 0 Å². The Kier molecular flexibility index (Phi) is 4.22. The van der Waals surface area contributed by atoms with Crippen molar-refractivity contribution in [1.82, 2.24) is 4.90 Å². The van der Waals surface area contributed by atoms with E-state index in [0.29, 0.717) is 0 Å². The summed E-state index contributed by atoms with van der Waals surface area (Å²) in [5.74, 6) is 0. The highest BCUT2D eigenvalue weighted by Crippen LogP contribution is 2.33. The van der Waals surface area contributed by atoms with Crippen molar-refractivity contribution in [3.8, 4) is 0 Å². The predicted molar refractivity (Wildman–Crippen MR) is 97.3 cm³/mol. The van der Waals surface area contributed by atoms with Crippen LogP contribution >= 0.6 is 15.9 Å². The number of aliphatic hydroxyl groups excluding tert-OH is 1. The van der Waals surface area contributed by atoms with Gasteiger partial charge < -0.3 is 10.0 Å². The number of likely N-dealkylation sites (N-methyl/N-ethyl adjacent to an activating group) is 1. The zero-order valence-corrected chi connectivity index (χ0v) is 14.6. The first-order valence-corrected chi connectivity index (χ1v) is 8.23. The molecular weight excluding hydrogens is 338 g/mol. The molecule has 0 aliphatic heterocycles. The summed E-state index contributed by atoms with van der Waals surface area (Å²) in [6.07, 6.45) is -0.498. The van der Waals surface area contributed by atoms with Gasteiger partial charge in [-0.3, -0.25) is 0 Å². The van der Waals surface area contributed by atoms with Crippen LogP contribution in [0.2, 0.25) is 0 Å². The predicted octanol–water partition coefficient (Wildman–Crippen LogP) is 4.74. The number of halogens is 1. The van der Waals surface area contributed by atoms with Crippen LogP contribution in [0.1, 0.15) is 18.6 Å². The number of rotatable bonds is 3. The van der Waals surface area contributed by atoms with E-state index in [9.17, 15) is 5.11 Å². The molecule has 2 atom stereocenters. The topological polar surface area (TPSA) is 23.5 Å². The lowest BCUT2D eigenvalue weighted by Crippen LogP contribution is -2.30. The van der Waals surface area contributed by atoms with Gasteiger partial charge in [0, 0.05) is 10.5 Å². The maximum atomic E-state index is 10.6. The smallest absolute Gasteiger partial charge is 0.0942 e. The summed E-state index contributed by atoms with van der Waals surface area (Å²) in [4.78, 5) is 2.04. The van der Waals surface area contributed by atoms with Crippen LogP contribution in [0, 0.1) is 0 Å². The summed E-state index contributed by atoms with van der Waals surface area (Å²) in [6.45, 7) is 2.04. The van der Waals surface area contributed by atoms with Gasteiger partial charge in [0.2, 0.25) is 0 Å². The minimum Gasteiger partial charge on any atom is -0.387 e. The highest BCUT2D eigenvalue weighted by atomic mass is 79.9. The third-order valence-electron chi connectivity index (χ3n) is 4.45. The zero-order valence-electron chi connectivity index (χ0n) is 13.0. The molecule has 0 spiro atoms. The molecule has 114 valence electrons. The van der Waals surface area contributed by atoms with E-state index in [-0.39, 0.29) is 6.04 Å². The molecule has 0 saturated carbocycles. The lowest BCUT2D eigenvalue weighted by Gasteiger charge is -2.25. The Hall–Kier alpha value is -1.42. The fourth-order valence-corrected chi connectivity index (χ4v) is 3.41. The summed E-state index contributed by atoms with van der Waals surface area (Å²) in [7, 11) is 3.98. The van der Waals surface area contributed by atoms with Crippen molar-refractivity contribution in [2.45, 2.75) is 19.1 Å². The largest absolute Gasteiger partial charge is 0.387 e. The van der Waals surface area contributed by atoms with Crippen molar-refractivity contribution in [3.63, 3.8) is 0 Å². The van der Waals surface area contributed by atoms with Crippen molar-refractivity contribution in [3.05, 3.63) is 58.6 Å². The van der Waals surface area contributed by atoms with E-state index >= 15 is 0 Å². The fraction of sp³-hybridized carbons (Fsp3) is 0.263. The first-order chi connectivity index (χ1) is 10.5. The monoisotopic (exact) mass is 357 g/mol. The molecule has 0 heterocycles. The van der Waals surface area contributed by atoms with Gasteiger partial charge >= 0.3 is 0 Å². The Bertz CT molecular complexity index is 828. The van der Waals surface area contributed by atoms with Crippen molar-refractivity contribution < 1.29 is 5.11 Å². The molecule has 0 aliphatic carbocycles. The van der Waals surface area contributed by atoms with E-state index < -0.39 is 6.10 Å². The fourth-order valence-electron chi connectivity index (χ4n) is 2.82. The first kappa shape index (κ1) is 15.5. The molecular formula is C19H20BrNO. The van der Waals surface area contributed by atoms with Gasteiger partial charge in [0.05, 0.1) is 6.10 Å². The van der Waals surface area contributed by atoms with Crippen molar-refractivity contribution in [2.75, 3.05) is 14.1 Å². The van der Waals surface area contributed by atoms with Crippen LogP contribution in [0.4, 0.5) is 0 Å². The van der Waals surface area contributed by atoms with Crippen LogP contribution in [0.3, 0.4) is 0 Å². The molecule has 3 rings (SSSR count). The number of nitrogens with zero attached hydrogens (tertiary/aromatic N) is 1. The van der Waals surface area contributed by atoms with Gasteiger partial charge in [0.1, 0.15) is 0 Å². The van der Waals surface area contributed by atoms with E-state index in [0.717, 1.165) is 10.0 Å². The van der Waals surface area contributed by atoms with Gasteiger partial charge in [0.25, 0.3) is 0 Å². The van der Waals surface area contributed by atoms with Crippen LogP contribution in [-0.4, -0.2) is 30.1 Å². The Morgan fingerprint density at radius 3 is 2.32 bits per heavy atom. The summed E-state index contributed by atoms with van der Waals surface area (Å²) < 4.78 is 1.10. The van der Waals surface area contributed by atoms with Gasteiger partial charge in [-0.05, 0) is 60.3 Å². The van der Waals surface area contributed by atoms with Gasteiger partial charge in [-0.15, -0.1) is 0 Å². The molecule has 1 N–H and O–H groups in total. The third kappa shape index (κ3) is 2.65. The second kappa shape index (κ2) is 5.99. The Labute approximate surface area is 139 Å². The third-order valence-corrected chi connectivity index (χ3v) is 5.10. The normalized spacial score (nSPS) is 14.6. The van der Waals surface area contributed by atoms with E-state index in [4.69, 9.17) is 0 Å². The molecule has 0 radical (unpaired) electrons. The summed E-state index contributed by atoms with van der Waals surface area (Å²) in [5.41, 5.74) is 0.959. The second-order valence-electron chi connectivity index (χ2n) is 6.03. The molecule has 0 aliphatic rings. The number of benzene rings is 3. The maximum Gasteiger partial charge on any atom is 0.0942 e. The van der Waals surface area contributed by atoms with Crippen LogP contribution in [0.25, 0.3) is 21.5 Å². The quantitative estimate of drug-likeness (QED) is 0.684. The molecule has 22 heavy (non-hydrogen) atoms. The molecule has 0 fully saturated rings. The molecule has 3 heteroatoms.